The summed E-state index contributed by atoms with van der Waals surface area (Å²) in [5, 5.41) is 2.59. The first-order valence-corrected chi connectivity index (χ1v) is 6.65. The first-order valence-electron chi connectivity index (χ1n) is 6.65. The number of carbonyl (C=O) groups is 1. The van der Waals surface area contributed by atoms with E-state index in [9.17, 15) is 9.18 Å². The third-order valence-electron chi connectivity index (χ3n) is 2.71. The molecule has 0 saturated heterocycles. The van der Waals surface area contributed by atoms with Crippen LogP contribution in [0.3, 0.4) is 0 Å². The zero-order valence-corrected chi connectivity index (χ0v) is 11.7. The summed E-state index contributed by atoms with van der Waals surface area (Å²) in [5.74, 6) is 0.0941. The van der Waals surface area contributed by atoms with Gasteiger partial charge in [0.05, 0.1) is 6.61 Å². The van der Waals surface area contributed by atoms with Gasteiger partial charge in [0.15, 0.2) is 0 Å². The van der Waals surface area contributed by atoms with Gasteiger partial charge in [-0.05, 0) is 48.9 Å². The van der Waals surface area contributed by atoms with Crippen LogP contribution in [0.15, 0.2) is 54.6 Å². The number of hydrogen-bond donors (Lipinski definition) is 1. The molecule has 4 heteroatoms. The van der Waals surface area contributed by atoms with E-state index in [-0.39, 0.29) is 11.7 Å². The Kier molecular flexibility index (Phi) is 5.10. The maximum absolute atomic E-state index is 13.0. The van der Waals surface area contributed by atoms with Crippen LogP contribution >= 0.6 is 0 Å². The number of ether oxygens (including phenoxy) is 1. The molecular formula is C17H16FNO2. The molecule has 0 radical (unpaired) electrons. The topological polar surface area (TPSA) is 38.3 Å². The summed E-state index contributed by atoms with van der Waals surface area (Å²) in [7, 11) is 0. The van der Waals surface area contributed by atoms with E-state index in [1.54, 1.807) is 18.2 Å². The predicted molar refractivity (Wildman–Crippen MR) is 81.7 cm³/mol. The van der Waals surface area contributed by atoms with Gasteiger partial charge in [-0.2, -0.15) is 0 Å². The molecule has 0 aliphatic heterocycles. The van der Waals surface area contributed by atoms with Crippen molar-refractivity contribution in [3.05, 3.63) is 66.0 Å². The van der Waals surface area contributed by atoms with Gasteiger partial charge in [0, 0.05) is 11.8 Å². The van der Waals surface area contributed by atoms with E-state index >= 15 is 0 Å². The van der Waals surface area contributed by atoms with Crippen molar-refractivity contribution in [2.75, 3.05) is 11.9 Å². The lowest BCUT2D eigenvalue weighted by Crippen LogP contribution is -2.07. The minimum Gasteiger partial charge on any atom is -0.494 e. The van der Waals surface area contributed by atoms with Crippen molar-refractivity contribution in [1.82, 2.24) is 0 Å². The van der Waals surface area contributed by atoms with Crippen LogP contribution in [0.5, 0.6) is 5.75 Å². The molecule has 1 N–H and O–H groups in total. The molecular weight excluding hydrogens is 269 g/mol. The van der Waals surface area contributed by atoms with Gasteiger partial charge >= 0.3 is 0 Å². The molecule has 0 aliphatic carbocycles. The third kappa shape index (κ3) is 4.76. The van der Waals surface area contributed by atoms with Crippen LogP contribution in [0.1, 0.15) is 12.5 Å². The van der Waals surface area contributed by atoms with Gasteiger partial charge < -0.3 is 10.1 Å². The van der Waals surface area contributed by atoms with Crippen molar-refractivity contribution in [1.29, 1.82) is 0 Å². The van der Waals surface area contributed by atoms with E-state index in [4.69, 9.17) is 4.74 Å². The summed E-state index contributed by atoms with van der Waals surface area (Å²) in [4.78, 5) is 11.7. The molecule has 0 saturated carbocycles. The fourth-order valence-electron chi connectivity index (χ4n) is 1.76. The van der Waals surface area contributed by atoms with Crippen molar-refractivity contribution in [2.24, 2.45) is 0 Å². The van der Waals surface area contributed by atoms with Gasteiger partial charge in [0.1, 0.15) is 11.6 Å². The highest BCUT2D eigenvalue weighted by molar-refractivity contribution is 6.01. The van der Waals surface area contributed by atoms with Gasteiger partial charge in [-0.1, -0.05) is 18.2 Å². The highest BCUT2D eigenvalue weighted by atomic mass is 19.1. The molecule has 0 heterocycles. The molecule has 3 nitrogen and oxygen atoms in total. The number of benzene rings is 2. The van der Waals surface area contributed by atoms with E-state index < -0.39 is 0 Å². The fraction of sp³-hybridized carbons (Fsp3) is 0.118. The molecule has 2 aromatic carbocycles. The molecule has 0 bridgehead atoms. The highest BCUT2D eigenvalue weighted by Crippen LogP contribution is 2.13. The SMILES string of the molecule is CCOc1ccc(/C=C/C(=O)Nc2cccc(F)c2)cc1. The Morgan fingerprint density at radius 2 is 2.00 bits per heavy atom. The van der Waals surface area contributed by atoms with Gasteiger partial charge in [0.2, 0.25) is 5.91 Å². The largest absolute Gasteiger partial charge is 0.494 e. The molecule has 0 atom stereocenters. The lowest BCUT2D eigenvalue weighted by atomic mass is 10.2. The minimum atomic E-state index is -0.386. The second kappa shape index (κ2) is 7.24. The molecule has 1 amide bonds. The number of amides is 1. The van der Waals surface area contributed by atoms with Crippen LogP contribution in [0.2, 0.25) is 0 Å². The minimum absolute atomic E-state index is 0.311. The Morgan fingerprint density at radius 3 is 2.67 bits per heavy atom. The summed E-state index contributed by atoms with van der Waals surface area (Å²) in [6.45, 7) is 2.54. The van der Waals surface area contributed by atoms with E-state index in [1.165, 1.54) is 18.2 Å². The molecule has 0 unspecified atom stereocenters. The number of carbonyl (C=O) groups excluding carboxylic acids is 1. The van der Waals surface area contributed by atoms with E-state index in [0.717, 1.165) is 11.3 Å². The summed E-state index contributed by atoms with van der Waals surface area (Å²) in [6.07, 6.45) is 3.09. The number of halogens is 1. The first kappa shape index (κ1) is 14.8. The molecule has 0 fully saturated rings. The van der Waals surface area contributed by atoms with E-state index in [2.05, 4.69) is 5.32 Å². The van der Waals surface area contributed by atoms with Crippen LogP contribution in [0, 0.1) is 5.82 Å². The summed E-state index contributed by atoms with van der Waals surface area (Å²) in [5.41, 5.74) is 1.31. The third-order valence-corrected chi connectivity index (χ3v) is 2.71. The smallest absolute Gasteiger partial charge is 0.248 e. The molecule has 2 aromatic rings. The molecule has 0 aliphatic rings. The number of anilines is 1. The summed E-state index contributed by atoms with van der Waals surface area (Å²) in [6, 6.07) is 13.2. The van der Waals surface area contributed by atoms with Crippen LogP contribution in [0.25, 0.3) is 6.08 Å². The second-order valence-corrected chi connectivity index (χ2v) is 4.33. The van der Waals surface area contributed by atoms with Crippen molar-refractivity contribution in [3.63, 3.8) is 0 Å². The maximum atomic E-state index is 13.0. The summed E-state index contributed by atoms with van der Waals surface area (Å²) < 4.78 is 18.3. The number of nitrogens with one attached hydrogen (secondary N) is 1. The van der Waals surface area contributed by atoms with Crippen LogP contribution in [-0.4, -0.2) is 12.5 Å². The normalized spacial score (nSPS) is 10.6. The predicted octanol–water partition coefficient (Wildman–Crippen LogP) is 3.88. The van der Waals surface area contributed by atoms with Crippen molar-refractivity contribution in [2.45, 2.75) is 6.92 Å². The van der Waals surface area contributed by atoms with E-state index in [0.29, 0.717) is 12.3 Å². The Labute approximate surface area is 123 Å². The van der Waals surface area contributed by atoms with Crippen molar-refractivity contribution >= 4 is 17.7 Å². The molecule has 2 rings (SSSR count). The van der Waals surface area contributed by atoms with Gasteiger partial charge in [0.25, 0.3) is 0 Å². The molecule has 0 aromatic heterocycles. The lowest BCUT2D eigenvalue weighted by molar-refractivity contribution is -0.111. The Bertz CT molecular complexity index is 635. The molecule has 108 valence electrons. The molecule has 21 heavy (non-hydrogen) atoms. The van der Waals surface area contributed by atoms with Gasteiger partial charge in [-0.15, -0.1) is 0 Å². The fourth-order valence-corrected chi connectivity index (χ4v) is 1.76. The highest BCUT2D eigenvalue weighted by Gasteiger charge is 1.99. The van der Waals surface area contributed by atoms with Gasteiger partial charge in [-0.3, -0.25) is 4.79 Å². The lowest BCUT2D eigenvalue weighted by Gasteiger charge is -2.03. The van der Waals surface area contributed by atoms with Crippen LogP contribution in [0.4, 0.5) is 10.1 Å². The Hall–Kier alpha value is -2.62. The average Bonchev–Trinajstić information content (AvgIpc) is 2.47. The van der Waals surface area contributed by atoms with Crippen molar-refractivity contribution in [3.8, 4) is 5.75 Å². The zero-order chi connectivity index (χ0) is 15.1. The zero-order valence-electron chi connectivity index (χ0n) is 11.7. The van der Waals surface area contributed by atoms with Crippen molar-refractivity contribution < 1.29 is 13.9 Å². The quantitative estimate of drug-likeness (QED) is 0.847. The standard InChI is InChI=1S/C17H16FNO2/c1-2-21-16-9-6-13(7-10-16)8-11-17(20)19-15-5-3-4-14(18)12-15/h3-12H,2H2,1H3,(H,19,20)/b11-8+. The van der Waals surface area contributed by atoms with Gasteiger partial charge in [-0.25, -0.2) is 4.39 Å². The maximum Gasteiger partial charge on any atom is 0.248 e. The Morgan fingerprint density at radius 1 is 1.24 bits per heavy atom. The average molecular weight is 285 g/mol. The monoisotopic (exact) mass is 285 g/mol. The van der Waals surface area contributed by atoms with E-state index in [1.807, 2.05) is 31.2 Å². The second-order valence-electron chi connectivity index (χ2n) is 4.33. The number of rotatable bonds is 5. The number of hydrogen-bond acceptors (Lipinski definition) is 2. The van der Waals surface area contributed by atoms with Crippen LogP contribution in [-0.2, 0) is 4.79 Å². The molecule has 0 spiro atoms. The summed E-state index contributed by atoms with van der Waals surface area (Å²) >= 11 is 0. The first-order chi connectivity index (χ1) is 10.2. The Balaban J connectivity index is 1.95. The van der Waals surface area contributed by atoms with Crippen LogP contribution < -0.4 is 10.1 Å².